The Balaban J connectivity index is 2.03. The van der Waals surface area contributed by atoms with Crippen LogP contribution >= 0.6 is 39.7 Å². The summed E-state index contributed by atoms with van der Waals surface area (Å²) in [4.78, 5) is 0. The van der Waals surface area contributed by atoms with Crippen molar-refractivity contribution in [1.82, 2.24) is 14.5 Å². The van der Waals surface area contributed by atoms with Crippen molar-refractivity contribution in [2.75, 3.05) is 0 Å². The molecule has 0 spiro atoms. The monoisotopic (exact) mass is 406 g/mol. The first-order chi connectivity index (χ1) is 11.0. The van der Waals surface area contributed by atoms with Gasteiger partial charge >= 0.3 is 0 Å². The minimum absolute atomic E-state index is 0.517. The molecule has 0 fully saturated rings. The van der Waals surface area contributed by atoms with Crippen molar-refractivity contribution in [3.8, 4) is 11.4 Å². The molecule has 1 aromatic heterocycles. The number of hydrogen-bond acceptors (Lipinski definition) is 3. The van der Waals surface area contributed by atoms with E-state index in [9.17, 15) is 0 Å². The van der Waals surface area contributed by atoms with Gasteiger partial charge in [-0.15, -0.1) is 5.10 Å². The van der Waals surface area contributed by atoms with Gasteiger partial charge in [0.25, 0.3) is 0 Å². The molecule has 2 aromatic carbocycles. The van der Waals surface area contributed by atoms with Gasteiger partial charge < -0.3 is 0 Å². The van der Waals surface area contributed by atoms with Crippen LogP contribution in [-0.4, -0.2) is 20.7 Å². The lowest BCUT2D eigenvalue weighted by atomic mass is 10.2. The number of aromatic nitrogens is 3. The van der Waals surface area contributed by atoms with Crippen molar-refractivity contribution in [1.29, 1.82) is 0 Å². The average Bonchev–Trinajstić information content (AvgIpc) is 2.83. The summed E-state index contributed by atoms with van der Waals surface area (Å²) in [5, 5.41) is 9.60. The molecule has 0 saturated heterocycles. The van der Waals surface area contributed by atoms with Crippen LogP contribution in [-0.2, 0) is 7.05 Å². The molecule has 23 heavy (non-hydrogen) atoms. The SMILES string of the molecule is Cn1nc(-c2ccc(Cl)cc2)n(/N=C/c2ccc(Br)cc2)c1=S. The summed E-state index contributed by atoms with van der Waals surface area (Å²) in [6, 6.07) is 15.3. The maximum absolute atomic E-state index is 5.94. The summed E-state index contributed by atoms with van der Waals surface area (Å²) in [6.45, 7) is 0. The Morgan fingerprint density at radius 2 is 1.78 bits per heavy atom. The second-order valence-corrected chi connectivity index (χ2v) is 6.56. The van der Waals surface area contributed by atoms with E-state index >= 15 is 0 Å². The molecular formula is C16H12BrClN4S. The molecule has 1 heterocycles. The van der Waals surface area contributed by atoms with Gasteiger partial charge in [0.05, 0.1) is 6.21 Å². The molecule has 3 rings (SSSR count). The summed E-state index contributed by atoms with van der Waals surface area (Å²) < 4.78 is 4.80. The number of aryl methyl sites for hydroxylation is 1. The lowest BCUT2D eigenvalue weighted by Crippen LogP contribution is -1.95. The smallest absolute Gasteiger partial charge is 0.219 e. The highest BCUT2D eigenvalue weighted by Gasteiger charge is 2.10. The number of benzene rings is 2. The van der Waals surface area contributed by atoms with Gasteiger partial charge in [-0.3, -0.25) is 0 Å². The number of halogens is 2. The average molecular weight is 408 g/mol. The molecule has 0 aliphatic heterocycles. The van der Waals surface area contributed by atoms with Crippen molar-refractivity contribution in [3.63, 3.8) is 0 Å². The minimum Gasteiger partial charge on any atom is -0.239 e. The maximum atomic E-state index is 5.94. The van der Waals surface area contributed by atoms with Gasteiger partial charge in [0, 0.05) is 22.1 Å². The molecular weight excluding hydrogens is 396 g/mol. The summed E-state index contributed by atoms with van der Waals surface area (Å²) in [6.07, 6.45) is 1.75. The first-order valence-electron chi connectivity index (χ1n) is 6.76. The van der Waals surface area contributed by atoms with Crippen molar-refractivity contribution < 1.29 is 0 Å². The zero-order valence-corrected chi connectivity index (χ0v) is 15.3. The quantitative estimate of drug-likeness (QED) is 0.456. The number of rotatable bonds is 3. The van der Waals surface area contributed by atoms with Crippen LogP contribution in [0.5, 0.6) is 0 Å². The van der Waals surface area contributed by atoms with Gasteiger partial charge in [-0.25, -0.2) is 4.68 Å². The summed E-state index contributed by atoms with van der Waals surface area (Å²) in [5.74, 6) is 0.669. The Morgan fingerprint density at radius 3 is 2.43 bits per heavy atom. The molecule has 0 unspecified atom stereocenters. The molecule has 0 bridgehead atoms. The molecule has 7 heteroatoms. The van der Waals surface area contributed by atoms with E-state index in [-0.39, 0.29) is 0 Å². The van der Waals surface area contributed by atoms with Crippen molar-refractivity contribution >= 4 is 46.0 Å². The van der Waals surface area contributed by atoms with Gasteiger partial charge in [0.2, 0.25) is 4.77 Å². The highest BCUT2D eigenvalue weighted by atomic mass is 79.9. The summed E-state index contributed by atoms with van der Waals surface area (Å²) >= 11 is 14.7. The third-order valence-corrected chi connectivity index (χ3v) is 4.42. The molecule has 0 aliphatic carbocycles. The van der Waals surface area contributed by atoms with Crippen molar-refractivity contribution in [2.24, 2.45) is 12.1 Å². The van der Waals surface area contributed by atoms with Crippen molar-refractivity contribution in [3.05, 3.63) is 68.4 Å². The minimum atomic E-state index is 0.517. The molecule has 0 atom stereocenters. The van der Waals surface area contributed by atoms with Crippen LogP contribution in [0.1, 0.15) is 5.56 Å². The maximum Gasteiger partial charge on any atom is 0.219 e. The Hall–Kier alpha value is -1.76. The topological polar surface area (TPSA) is 35.1 Å². The van der Waals surface area contributed by atoms with E-state index in [1.807, 2.05) is 48.5 Å². The van der Waals surface area contributed by atoms with Gasteiger partial charge in [-0.2, -0.15) is 9.78 Å². The van der Waals surface area contributed by atoms with Crippen LogP contribution in [0.4, 0.5) is 0 Å². The Bertz CT molecular complexity index is 911. The third kappa shape index (κ3) is 3.60. The first kappa shape index (κ1) is 16.1. The summed E-state index contributed by atoms with van der Waals surface area (Å²) in [7, 11) is 1.80. The van der Waals surface area contributed by atoms with Gasteiger partial charge in [0.15, 0.2) is 5.82 Å². The fourth-order valence-corrected chi connectivity index (χ4v) is 2.58. The zero-order valence-electron chi connectivity index (χ0n) is 12.1. The van der Waals surface area contributed by atoms with E-state index in [1.165, 1.54) is 0 Å². The van der Waals surface area contributed by atoms with Gasteiger partial charge in [-0.05, 0) is 54.2 Å². The van der Waals surface area contributed by atoms with E-state index < -0.39 is 0 Å². The highest BCUT2D eigenvalue weighted by Crippen LogP contribution is 2.20. The van der Waals surface area contributed by atoms with E-state index in [0.29, 0.717) is 15.6 Å². The number of hydrogen-bond donors (Lipinski definition) is 0. The molecule has 0 amide bonds. The molecule has 3 aromatic rings. The Labute approximate surface area is 152 Å². The highest BCUT2D eigenvalue weighted by molar-refractivity contribution is 9.10. The van der Waals surface area contributed by atoms with Crippen molar-refractivity contribution in [2.45, 2.75) is 0 Å². The number of nitrogens with zero attached hydrogens (tertiary/aromatic N) is 4. The lowest BCUT2D eigenvalue weighted by molar-refractivity contribution is 0.738. The van der Waals surface area contributed by atoms with Crippen LogP contribution in [0.2, 0.25) is 5.02 Å². The normalized spacial score (nSPS) is 11.3. The molecule has 0 saturated carbocycles. The van der Waals surface area contributed by atoms with Crippen LogP contribution < -0.4 is 0 Å². The van der Waals surface area contributed by atoms with E-state index in [0.717, 1.165) is 15.6 Å². The molecule has 0 N–H and O–H groups in total. The molecule has 0 radical (unpaired) electrons. The summed E-state index contributed by atoms with van der Waals surface area (Å²) in [5.41, 5.74) is 1.87. The molecule has 0 aliphatic rings. The fourth-order valence-electron chi connectivity index (χ4n) is 2.01. The lowest BCUT2D eigenvalue weighted by Gasteiger charge is -2.01. The predicted octanol–water partition coefficient (Wildman–Crippen LogP) is 4.92. The van der Waals surface area contributed by atoms with Crippen LogP contribution in [0.3, 0.4) is 0 Å². The predicted molar refractivity (Wildman–Crippen MR) is 99.6 cm³/mol. The largest absolute Gasteiger partial charge is 0.239 e. The molecule has 4 nitrogen and oxygen atoms in total. The third-order valence-electron chi connectivity index (χ3n) is 3.20. The second-order valence-electron chi connectivity index (χ2n) is 4.84. The van der Waals surface area contributed by atoms with E-state index in [1.54, 1.807) is 22.6 Å². The Morgan fingerprint density at radius 1 is 1.13 bits per heavy atom. The van der Waals surface area contributed by atoms with E-state index in [2.05, 4.69) is 26.1 Å². The first-order valence-corrected chi connectivity index (χ1v) is 8.34. The van der Waals surface area contributed by atoms with Crippen LogP contribution in [0, 0.1) is 4.77 Å². The Kier molecular flexibility index (Phi) is 4.75. The van der Waals surface area contributed by atoms with Crippen LogP contribution in [0.25, 0.3) is 11.4 Å². The van der Waals surface area contributed by atoms with Gasteiger partial charge in [0.1, 0.15) is 0 Å². The van der Waals surface area contributed by atoms with E-state index in [4.69, 9.17) is 23.8 Å². The van der Waals surface area contributed by atoms with Gasteiger partial charge in [-0.1, -0.05) is 39.7 Å². The van der Waals surface area contributed by atoms with Crippen LogP contribution in [0.15, 0.2) is 58.1 Å². The standard InChI is InChI=1S/C16H12BrClN4S/c1-21-16(23)22(19-10-11-2-6-13(17)7-3-11)15(20-21)12-4-8-14(18)9-5-12/h2-10H,1H3/b19-10+. The zero-order chi connectivity index (χ0) is 16.4. The second kappa shape index (κ2) is 6.78. The molecule has 116 valence electrons. The fraction of sp³-hybridized carbons (Fsp3) is 0.0625.